The molecule has 0 unspecified atom stereocenters. The van der Waals surface area contributed by atoms with E-state index in [2.05, 4.69) is 5.32 Å². The van der Waals surface area contributed by atoms with E-state index in [0.717, 1.165) is 10.6 Å². The fourth-order valence-electron chi connectivity index (χ4n) is 2.60. The van der Waals surface area contributed by atoms with Crippen molar-refractivity contribution in [2.75, 3.05) is 29.5 Å². The first-order chi connectivity index (χ1) is 14.2. The number of nitrogens with one attached hydrogen (secondary N) is 1. The third-order valence-electron chi connectivity index (χ3n) is 4.32. The molecule has 162 valence electrons. The van der Waals surface area contributed by atoms with E-state index in [9.17, 15) is 18.0 Å². The molecule has 0 aliphatic heterocycles. The molecule has 0 aliphatic rings. The minimum absolute atomic E-state index is 0.228. The van der Waals surface area contributed by atoms with Crippen LogP contribution in [-0.4, -0.2) is 46.3 Å². The van der Waals surface area contributed by atoms with E-state index in [1.807, 2.05) is 0 Å². The van der Waals surface area contributed by atoms with Gasteiger partial charge in [-0.05, 0) is 49.7 Å². The van der Waals surface area contributed by atoms with Crippen LogP contribution in [-0.2, 0) is 19.6 Å². The number of benzene rings is 2. The summed E-state index contributed by atoms with van der Waals surface area (Å²) in [5.41, 5.74) is 1.08. The first-order valence-electron chi connectivity index (χ1n) is 9.45. The molecule has 2 rings (SSSR count). The van der Waals surface area contributed by atoms with Gasteiger partial charge in [0.1, 0.15) is 5.75 Å². The summed E-state index contributed by atoms with van der Waals surface area (Å²) in [5.74, 6) is -0.513. The summed E-state index contributed by atoms with van der Waals surface area (Å²) in [6, 6.07) is 13.0. The summed E-state index contributed by atoms with van der Waals surface area (Å²) in [5, 5.41) is 2.72. The molecule has 0 fully saturated rings. The quantitative estimate of drug-likeness (QED) is 0.609. The van der Waals surface area contributed by atoms with Crippen molar-refractivity contribution in [1.82, 2.24) is 0 Å². The zero-order valence-corrected chi connectivity index (χ0v) is 18.2. The Kier molecular flexibility index (Phi) is 7.82. The van der Waals surface area contributed by atoms with Crippen molar-refractivity contribution in [2.45, 2.75) is 26.4 Å². The van der Waals surface area contributed by atoms with Crippen molar-refractivity contribution in [3.63, 3.8) is 0 Å². The fraction of sp³-hybridized carbons (Fsp3) is 0.333. The van der Waals surface area contributed by atoms with Gasteiger partial charge in [0.25, 0.3) is 5.91 Å². The zero-order chi connectivity index (χ0) is 22.3. The van der Waals surface area contributed by atoms with E-state index in [1.165, 1.54) is 7.05 Å². The molecule has 0 radical (unpaired) electrons. The lowest BCUT2D eigenvalue weighted by atomic mass is 10.1. The number of carbonyl (C=O) groups excluding carboxylic acids is 2. The highest BCUT2D eigenvalue weighted by Crippen LogP contribution is 2.22. The highest BCUT2D eigenvalue weighted by molar-refractivity contribution is 7.92. The van der Waals surface area contributed by atoms with Crippen LogP contribution in [0.25, 0.3) is 0 Å². The maximum atomic E-state index is 12.7. The van der Waals surface area contributed by atoms with Crippen molar-refractivity contribution in [2.24, 2.45) is 0 Å². The van der Waals surface area contributed by atoms with Crippen molar-refractivity contribution in [1.29, 1.82) is 0 Å². The Morgan fingerprint density at radius 2 is 1.70 bits per heavy atom. The third kappa shape index (κ3) is 5.96. The second-order valence-electron chi connectivity index (χ2n) is 6.49. The van der Waals surface area contributed by atoms with E-state index in [1.54, 1.807) is 62.4 Å². The summed E-state index contributed by atoms with van der Waals surface area (Å²) >= 11 is 0. The summed E-state index contributed by atoms with van der Waals surface area (Å²) < 4.78 is 35.2. The maximum absolute atomic E-state index is 12.7. The molecule has 1 amide bonds. The number of para-hydroxylation sites is 1. The molecule has 0 aromatic heterocycles. The zero-order valence-electron chi connectivity index (χ0n) is 17.4. The second kappa shape index (κ2) is 10.1. The summed E-state index contributed by atoms with van der Waals surface area (Å²) in [6.45, 7) is 3.73. The minimum Gasteiger partial charge on any atom is -0.481 e. The largest absolute Gasteiger partial charge is 0.481 e. The molecule has 2 aromatic rings. The molecule has 0 saturated carbocycles. The molecule has 30 heavy (non-hydrogen) atoms. The van der Waals surface area contributed by atoms with E-state index < -0.39 is 28.0 Å². The van der Waals surface area contributed by atoms with Gasteiger partial charge in [-0.2, -0.15) is 0 Å². The lowest BCUT2D eigenvalue weighted by Crippen LogP contribution is -2.33. The SMILES string of the molecule is CCOC(=O)c1ccccc1NC(=O)[C@H](CC)Oc1ccc(N(C)S(C)(=O)=O)cc1. The standard InChI is InChI=1S/C21H26N2O6S/c1-5-19(29-16-13-11-15(12-14-16)23(3)30(4,26)27)20(24)22-18-10-8-7-9-17(18)21(25)28-6-2/h7-14,19H,5-6H2,1-4H3,(H,22,24)/t19-/m0/s1. The van der Waals surface area contributed by atoms with Crippen LogP contribution in [0.4, 0.5) is 11.4 Å². The van der Waals surface area contributed by atoms with E-state index in [4.69, 9.17) is 9.47 Å². The summed E-state index contributed by atoms with van der Waals surface area (Å²) in [7, 11) is -1.92. The van der Waals surface area contributed by atoms with Gasteiger partial charge in [0, 0.05) is 7.05 Å². The Bertz CT molecular complexity index is 989. The first-order valence-corrected chi connectivity index (χ1v) is 11.3. The van der Waals surface area contributed by atoms with Crippen LogP contribution in [0.5, 0.6) is 5.75 Å². The van der Waals surface area contributed by atoms with Crippen molar-refractivity contribution >= 4 is 33.3 Å². The van der Waals surface area contributed by atoms with Gasteiger partial charge in [-0.1, -0.05) is 19.1 Å². The average Bonchev–Trinajstić information content (AvgIpc) is 2.71. The normalized spacial score (nSPS) is 12.0. The number of ether oxygens (including phenoxy) is 2. The van der Waals surface area contributed by atoms with Crippen LogP contribution in [0.1, 0.15) is 30.6 Å². The van der Waals surface area contributed by atoms with Gasteiger partial charge in [-0.15, -0.1) is 0 Å². The molecular weight excluding hydrogens is 408 g/mol. The monoisotopic (exact) mass is 434 g/mol. The Morgan fingerprint density at radius 3 is 2.27 bits per heavy atom. The number of rotatable bonds is 9. The molecule has 1 N–H and O–H groups in total. The summed E-state index contributed by atoms with van der Waals surface area (Å²) in [4.78, 5) is 24.8. The molecule has 8 nitrogen and oxygen atoms in total. The lowest BCUT2D eigenvalue weighted by Gasteiger charge is -2.20. The predicted molar refractivity (Wildman–Crippen MR) is 115 cm³/mol. The Hall–Kier alpha value is -3.07. The lowest BCUT2D eigenvalue weighted by molar-refractivity contribution is -0.122. The number of carbonyl (C=O) groups is 2. The van der Waals surface area contributed by atoms with Crippen molar-refractivity contribution in [3.05, 3.63) is 54.1 Å². The Balaban J connectivity index is 2.12. The molecule has 0 spiro atoms. The first kappa shape index (κ1) is 23.2. The van der Waals surface area contributed by atoms with Crippen LogP contribution < -0.4 is 14.4 Å². The molecule has 2 aromatic carbocycles. The van der Waals surface area contributed by atoms with Gasteiger partial charge in [0.05, 0.1) is 29.8 Å². The minimum atomic E-state index is -3.37. The predicted octanol–water partition coefficient (Wildman–Crippen LogP) is 3.06. The fourth-order valence-corrected chi connectivity index (χ4v) is 3.11. The maximum Gasteiger partial charge on any atom is 0.340 e. The van der Waals surface area contributed by atoms with Gasteiger partial charge in [0.2, 0.25) is 10.0 Å². The number of esters is 1. The van der Waals surface area contributed by atoms with E-state index in [-0.39, 0.29) is 12.2 Å². The molecule has 0 saturated heterocycles. The number of amides is 1. The number of sulfonamides is 1. The Morgan fingerprint density at radius 1 is 1.07 bits per heavy atom. The van der Waals surface area contributed by atoms with Gasteiger partial charge in [0.15, 0.2) is 6.10 Å². The van der Waals surface area contributed by atoms with Gasteiger partial charge in [-0.25, -0.2) is 13.2 Å². The molecule has 0 heterocycles. The van der Waals surface area contributed by atoms with Crippen LogP contribution in [0.2, 0.25) is 0 Å². The highest BCUT2D eigenvalue weighted by Gasteiger charge is 2.21. The van der Waals surface area contributed by atoms with Gasteiger partial charge >= 0.3 is 5.97 Å². The molecular formula is C21H26N2O6S. The van der Waals surface area contributed by atoms with E-state index >= 15 is 0 Å². The number of anilines is 2. The topological polar surface area (TPSA) is 102 Å². The average molecular weight is 435 g/mol. The highest BCUT2D eigenvalue weighted by atomic mass is 32.2. The smallest absolute Gasteiger partial charge is 0.340 e. The second-order valence-corrected chi connectivity index (χ2v) is 8.51. The third-order valence-corrected chi connectivity index (χ3v) is 5.53. The Labute approximate surface area is 176 Å². The van der Waals surface area contributed by atoms with E-state index in [0.29, 0.717) is 23.5 Å². The molecule has 9 heteroatoms. The number of nitrogens with zero attached hydrogens (tertiary/aromatic N) is 1. The van der Waals surface area contributed by atoms with Gasteiger partial charge < -0.3 is 14.8 Å². The number of hydrogen-bond donors (Lipinski definition) is 1. The molecule has 1 atom stereocenters. The van der Waals surface area contributed by atoms with Crippen LogP contribution in [0, 0.1) is 0 Å². The molecule has 0 aliphatic carbocycles. The van der Waals surface area contributed by atoms with Crippen molar-refractivity contribution in [3.8, 4) is 5.75 Å². The van der Waals surface area contributed by atoms with Crippen molar-refractivity contribution < 1.29 is 27.5 Å². The van der Waals surface area contributed by atoms with Crippen LogP contribution in [0.15, 0.2) is 48.5 Å². The van der Waals surface area contributed by atoms with Crippen LogP contribution >= 0.6 is 0 Å². The molecule has 0 bridgehead atoms. The summed E-state index contributed by atoms with van der Waals surface area (Å²) in [6.07, 6.45) is 0.695. The van der Waals surface area contributed by atoms with Gasteiger partial charge in [-0.3, -0.25) is 9.10 Å². The number of hydrogen-bond acceptors (Lipinski definition) is 6. The van der Waals surface area contributed by atoms with Crippen LogP contribution in [0.3, 0.4) is 0 Å².